The number of para-hydroxylation sites is 2. The van der Waals surface area contributed by atoms with Crippen LogP contribution in [0, 0.1) is 0 Å². The number of aliphatic hydroxyl groups is 2. The predicted octanol–water partition coefficient (Wildman–Crippen LogP) is 9.51. The minimum Gasteiger partial charge on any atom is -0.443 e. The van der Waals surface area contributed by atoms with Gasteiger partial charge in [0.1, 0.15) is 63.3 Å². The lowest BCUT2D eigenvalue weighted by Gasteiger charge is -2.30. The monoisotopic (exact) mass is 1070 g/mol. The number of hydrogen-bond acceptors (Lipinski definition) is 20. The van der Waals surface area contributed by atoms with E-state index < -0.39 is 103 Å². The first kappa shape index (κ1) is 59.4. The van der Waals surface area contributed by atoms with Gasteiger partial charge in [-0.2, -0.15) is 14.9 Å². The number of imide groups is 2. The van der Waals surface area contributed by atoms with Crippen molar-refractivity contribution in [3.63, 3.8) is 0 Å². The van der Waals surface area contributed by atoms with E-state index in [1.54, 1.807) is 36.4 Å². The summed E-state index contributed by atoms with van der Waals surface area (Å²) in [4.78, 5) is 94.5. The third-order valence-electron chi connectivity index (χ3n) is 10.4. The van der Waals surface area contributed by atoms with Crippen LogP contribution in [-0.2, 0) is 55.2 Å². The van der Waals surface area contributed by atoms with Crippen LogP contribution in [-0.4, -0.2) is 112 Å². The molecule has 4 aromatic rings. The van der Waals surface area contributed by atoms with E-state index in [1.807, 2.05) is 0 Å². The number of ether oxygens (including phenoxy) is 5. The normalized spacial score (nSPS) is 18.2. The Morgan fingerprint density at radius 1 is 0.680 bits per heavy atom. The van der Waals surface area contributed by atoms with Crippen LogP contribution in [0.4, 0.5) is 30.9 Å². The summed E-state index contributed by atoms with van der Waals surface area (Å²) < 4.78 is 62.9. The fraction of sp³-hybridized carbons (Fsp3) is 0.549. The second-order valence-electron chi connectivity index (χ2n) is 22.0. The molecule has 0 saturated carbocycles. The standard InChI is InChI=1S/C51H69N6O17P/c1-30(58)24-26-32-20-16-18-22-34(32)73-75(66,74-35-23-19-17-21-33(35)27-25-31(2)59)67-28-36-38(60)51(15,65)41(68-36)55-29-52-37-39(55)53-42(57(45(63)71-49(9,10)11)46(64)72-50(12,13)14)54-40(37)56(43(61)69-47(3,4)5)44(62)70-48(6,7)8/h16-23,29,36,38,41,60,65H,24-28H2,1-15H3/t36-,38+,41-,51?/m1/s1. The highest BCUT2D eigenvalue weighted by Crippen LogP contribution is 2.52. The van der Waals surface area contributed by atoms with Gasteiger partial charge in [0.25, 0.3) is 0 Å². The number of hydrogen-bond donors (Lipinski definition) is 2. The highest BCUT2D eigenvalue weighted by molar-refractivity contribution is 7.49. The average molecular weight is 1070 g/mol. The van der Waals surface area contributed by atoms with E-state index >= 15 is 4.57 Å². The molecule has 4 amide bonds. The molecule has 24 heteroatoms. The molecule has 23 nitrogen and oxygen atoms in total. The summed E-state index contributed by atoms with van der Waals surface area (Å²) in [5.74, 6) is -1.63. The molecule has 5 rings (SSSR count). The molecular weight excluding hydrogens is 1000 g/mol. The summed E-state index contributed by atoms with van der Waals surface area (Å²) in [7, 11) is -4.85. The Hall–Kier alpha value is -6.52. The van der Waals surface area contributed by atoms with E-state index in [4.69, 9.17) is 37.3 Å². The Balaban J connectivity index is 1.67. The molecule has 0 spiro atoms. The average Bonchev–Trinajstić information content (AvgIpc) is 3.76. The van der Waals surface area contributed by atoms with Crippen molar-refractivity contribution in [1.82, 2.24) is 19.5 Å². The van der Waals surface area contributed by atoms with Gasteiger partial charge in [-0.05, 0) is 140 Å². The topological polar surface area (TPSA) is 284 Å². The van der Waals surface area contributed by atoms with Gasteiger partial charge >= 0.3 is 32.2 Å². The van der Waals surface area contributed by atoms with Gasteiger partial charge in [0, 0.05) is 12.8 Å². The Labute approximate surface area is 435 Å². The molecule has 1 aliphatic rings. The second-order valence-corrected chi connectivity index (χ2v) is 23.5. The number of benzene rings is 2. The van der Waals surface area contributed by atoms with E-state index in [0.717, 1.165) is 10.9 Å². The van der Waals surface area contributed by atoms with Crippen molar-refractivity contribution >= 4 is 66.7 Å². The number of aliphatic hydroxyl groups excluding tert-OH is 1. The molecule has 1 saturated heterocycles. The fourth-order valence-electron chi connectivity index (χ4n) is 7.11. The van der Waals surface area contributed by atoms with Crippen LogP contribution in [0.25, 0.3) is 11.2 Å². The number of phosphoric ester groups is 1. The number of Topliss-reactive ketones (excluding diaryl/α,β-unsaturated/α-hetero) is 2. The SMILES string of the molecule is CC(=O)CCc1ccccc1OP(=O)(OC[C@H]1O[C@@H](n2cnc3c(N(C(=O)OC(C)(C)C)C(=O)OC(C)(C)C)nc(N(C(=O)OC(C)(C)C)C(=O)OC(C)(C)C)nc32)C(C)(O)[C@H]1O)Oc1ccccc1CCC(C)=O. The molecular formula is C51H69N6O17P. The number of fused-ring (bicyclic) bond motifs is 1. The Bertz CT molecular complexity index is 2700. The van der Waals surface area contributed by atoms with E-state index in [-0.39, 0.29) is 54.3 Å². The van der Waals surface area contributed by atoms with Gasteiger partial charge in [0.05, 0.1) is 12.9 Å². The Morgan fingerprint density at radius 2 is 1.09 bits per heavy atom. The smallest absolute Gasteiger partial charge is 0.443 e. The molecule has 0 radical (unpaired) electrons. The van der Waals surface area contributed by atoms with Crippen molar-refractivity contribution in [2.45, 2.75) is 176 Å². The fourth-order valence-corrected chi connectivity index (χ4v) is 8.42. The molecule has 1 aliphatic heterocycles. The van der Waals surface area contributed by atoms with Crippen molar-refractivity contribution in [2.24, 2.45) is 0 Å². The number of aryl methyl sites for hydroxylation is 2. The third kappa shape index (κ3) is 16.0. The van der Waals surface area contributed by atoms with E-state index in [9.17, 15) is 39.0 Å². The maximum atomic E-state index is 15.0. The summed E-state index contributed by atoms with van der Waals surface area (Å²) in [6.07, 6.45) is -8.76. The zero-order valence-corrected chi connectivity index (χ0v) is 46.0. The van der Waals surface area contributed by atoms with E-state index in [2.05, 4.69) is 15.0 Å². The highest BCUT2D eigenvalue weighted by atomic mass is 31.2. The number of nitrogens with zero attached hydrogens (tertiary/aromatic N) is 6. The van der Waals surface area contributed by atoms with Crippen LogP contribution in [0.5, 0.6) is 11.5 Å². The van der Waals surface area contributed by atoms with Crippen LogP contribution in [0.1, 0.15) is 134 Å². The maximum Gasteiger partial charge on any atom is 0.587 e. The first-order valence-electron chi connectivity index (χ1n) is 24.1. The van der Waals surface area contributed by atoms with Gasteiger partial charge in [0.2, 0.25) is 5.95 Å². The van der Waals surface area contributed by atoms with Crippen molar-refractivity contribution < 1.29 is 80.8 Å². The van der Waals surface area contributed by atoms with Crippen LogP contribution >= 0.6 is 7.82 Å². The van der Waals surface area contributed by atoms with Gasteiger partial charge in [-0.1, -0.05) is 36.4 Å². The molecule has 2 aromatic carbocycles. The van der Waals surface area contributed by atoms with Gasteiger partial charge < -0.3 is 52.5 Å². The summed E-state index contributed by atoms with van der Waals surface area (Å²) in [6, 6.07) is 13.0. The van der Waals surface area contributed by atoms with E-state index in [0.29, 0.717) is 20.9 Å². The van der Waals surface area contributed by atoms with Crippen molar-refractivity contribution in [3.8, 4) is 11.5 Å². The quantitative estimate of drug-likeness (QED) is 0.0780. The molecule has 1 fully saturated rings. The number of phosphoric acid groups is 1. The third-order valence-corrected chi connectivity index (χ3v) is 11.7. The number of carbonyl (C=O) groups is 6. The second kappa shape index (κ2) is 22.8. The first-order chi connectivity index (χ1) is 34.5. The zero-order chi connectivity index (χ0) is 56.2. The minimum atomic E-state index is -4.85. The van der Waals surface area contributed by atoms with Crippen LogP contribution in [0.15, 0.2) is 54.9 Å². The number of anilines is 2. The van der Waals surface area contributed by atoms with E-state index in [1.165, 1.54) is 116 Å². The van der Waals surface area contributed by atoms with Gasteiger partial charge in [-0.3, -0.25) is 9.09 Å². The van der Waals surface area contributed by atoms with Crippen molar-refractivity contribution in [2.75, 3.05) is 16.4 Å². The lowest BCUT2D eigenvalue weighted by atomic mass is 9.96. The van der Waals surface area contributed by atoms with Gasteiger partial charge in [0.15, 0.2) is 23.2 Å². The Kier molecular flexibility index (Phi) is 18.0. The highest BCUT2D eigenvalue weighted by Gasteiger charge is 2.55. The summed E-state index contributed by atoms with van der Waals surface area (Å²) in [6.45, 7) is 21.7. The minimum absolute atomic E-state index is 0.0517. The number of amides is 4. The molecule has 1 unspecified atom stereocenters. The molecule has 2 N–H and O–H groups in total. The first-order valence-corrected chi connectivity index (χ1v) is 25.5. The number of aromatic nitrogens is 4. The Morgan fingerprint density at radius 3 is 1.51 bits per heavy atom. The van der Waals surface area contributed by atoms with Crippen molar-refractivity contribution in [1.29, 1.82) is 0 Å². The molecule has 0 bridgehead atoms. The molecule has 4 atom stereocenters. The largest absolute Gasteiger partial charge is 0.587 e. The number of rotatable bonds is 16. The lowest BCUT2D eigenvalue weighted by Crippen LogP contribution is -2.46. The maximum absolute atomic E-state index is 15.0. The van der Waals surface area contributed by atoms with Gasteiger partial charge in [-0.15, -0.1) is 4.90 Å². The molecule has 3 heterocycles. The predicted molar refractivity (Wildman–Crippen MR) is 271 cm³/mol. The molecule has 75 heavy (non-hydrogen) atoms. The zero-order valence-electron chi connectivity index (χ0n) is 45.1. The molecule has 2 aromatic heterocycles. The lowest BCUT2D eigenvalue weighted by molar-refractivity contribution is -0.117. The molecule has 0 aliphatic carbocycles. The van der Waals surface area contributed by atoms with Crippen LogP contribution in [0.2, 0.25) is 0 Å². The number of imidazole rings is 1. The summed E-state index contributed by atoms with van der Waals surface area (Å²) in [5.41, 5.74) is -7.00. The number of carbonyl (C=O) groups excluding carboxylic acids is 6. The van der Waals surface area contributed by atoms with Crippen LogP contribution < -0.4 is 18.8 Å². The van der Waals surface area contributed by atoms with Crippen molar-refractivity contribution in [3.05, 3.63) is 66.0 Å². The summed E-state index contributed by atoms with van der Waals surface area (Å²) in [5, 5.41) is 24.1. The summed E-state index contributed by atoms with van der Waals surface area (Å²) >= 11 is 0. The van der Waals surface area contributed by atoms with Gasteiger partial charge in [-0.25, -0.2) is 28.7 Å². The molecule has 410 valence electrons. The van der Waals surface area contributed by atoms with Crippen LogP contribution in [0.3, 0.4) is 0 Å². The number of ketones is 2.